The van der Waals surface area contributed by atoms with Gasteiger partial charge in [-0.1, -0.05) is 0 Å². The van der Waals surface area contributed by atoms with Crippen LogP contribution < -0.4 is 0 Å². The quantitative estimate of drug-likeness (QED) is 0.316. The molecule has 4 atom stereocenters. The summed E-state index contributed by atoms with van der Waals surface area (Å²) in [5, 5.41) is 24.1. The molecule has 0 spiro atoms. The van der Waals surface area contributed by atoms with Crippen molar-refractivity contribution in [2.45, 2.75) is 37.9 Å². The molecule has 2 N–H and O–H groups in total. The van der Waals surface area contributed by atoms with Gasteiger partial charge in [-0.05, 0) is 34.1 Å². The number of aliphatic carboxylic acids is 2. The molecule has 1 heterocycles. The molecular weight excluding hydrogens is 368 g/mol. The molecule has 1 aliphatic rings. The van der Waals surface area contributed by atoms with Crippen LogP contribution in [0.3, 0.4) is 0 Å². The minimum atomic E-state index is -1.32. The number of carbonyl (C=O) groups is 4. The number of carbonyl (C=O) groups excluding carboxylic acids is 2. The van der Waals surface area contributed by atoms with Crippen molar-refractivity contribution >= 4 is 23.8 Å². The molecule has 2 amide bonds. The number of carboxylic acid groups (broad SMARTS) is 2. The van der Waals surface area contributed by atoms with Crippen LogP contribution in [0.5, 0.6) is 0 Å². The van der Waals surface area contributed by atoms with E-state index in [0.29, 0.717) is 0 Å². The Hall–Kier alpha value is -3.18. The van der Waals surface area contributed by atoms with Crippen LogP contribution in [-0.2, 0) is 28.7 Å². The third kappa shape index (κ3) is 7.30. The zero-order chi connectivity index (χ0) is 20.4. The molecule has 0 aromatic rings. The van der Waals surface area contributed by atoms with Gasteiger partial charge in [-0.25, -0.2) is 0 Å². The summed E-state index contributed by atoms with van der Waals surface area (Å²) in [5.74, 6) is -7.01. The van der Waals surface area contributed by atoms with Crippen molar-refractivity contribution in [3.63, 3.8) is 0 Å². The predicted octanol–water partition coefficient (Wildman–Crippen LogP) is 1.36. The topological polar surface area (TPSA) is 225 Å². The summed E-state index contributed by atoms with van der Waals surface area (Å²) in [4.78, 5) is 49.9. The lowest BCUT2D eigenvalue weighted by Gasteiger charge is -2.22. The van der Waals surface area contributed by atoms with Crippen LogP contribution in [0.25, 0.3) is 20.9 Å². The van der Waals surface area contributed by atoms with E-state index >= 15 is 0 Å². The van der Waals surface area contributed by atoms with Crippen LogP contribution in [0.2, 0.25) is 0 Å². The van der Waals surface area contributed by atoms with Gasteiger partial charge in [0.05, 0.1) is 24.0 Å². The average Bonchev–Trinajstić information content (AvgIpc) is 3.00. The van der Waals surface area contributed by atoms with Gasteiger partial charge in [0.1, 0.15) is 6.79 Å². The van der Waals surface area contributed by atoms with E-state index in [4.69, 9.17) is 20.5 Å². The minimum Gasteiger partial charge on any atom is -0.481 e. The Labute approximate surface area is 151 Å². The molecule has 146 valence electrons. The maximum Gasteiger partial charge on any atom is 0.307 e. The average molecular weight is 384 g/mol. The lowest BCUT2D eigenvalue weighted by atomic mass is 9.90. The van der Waals surface area contributed by atoms with Gasteiger partial charge < -0.3 is 19.7 Å². The maximum absolute atomic E-state index is 11.4. The molecule has 0 bridgehead atoms. The summed E-state index contributed by atoms with van der Waals surface area (Å²) in [6.45, 7) is -0.220. The second kappa shape index (κ2) is 10.7. The summed E-state index contributed by atoms with van der Waals surface area (Å²) in [5.41, 5.74) is 16.4. The Morgan fingerprint density at radius 1 is 0.889 bits per heavy atom. The molecule has 2 unspecified atom stereocenters. The van der Waals surface area contributed by atoms with Crippen LogP contribution in [0, 0.1) is 11.8 Å². The van der Waals surface area contributed by atoms with Gasteiger partial charge in [0.25, 0.3) is 0 Å². The fourth-order valence-electron chi connectivity index (χ4n) is 2.58. The Morgan fingerprint density at radius 3 is 1.56 bits per heavy atom. The molecule has 0 aromatic heterocycles. The Kier molecular flexibility index (Phi) is 8.69. The first kappa shape index (κ1) is 21.9. The van der Waals surface area contributed by atoms with Crippen LogP contribution in [0.1, 0.15) is 25.7 Å². The van der Waals surface area contributed by atoms with Gasteiger partial charge >= 0.3 is 11.9 Å². The molecule has 1 saturated heterocycles. The number of ether oxygens (including phenoxy) is 2. The first-order chi connectivity index (χ1) is 12.8. The van der Waals surface area contributed by atoms with Gasteiger partial charge in [-0.3, -0.25) is 19.2 Å². The van der Waals surface area contributed by atoms with E-state index in [2.05, 4.69) is 20.1 Å². The highest BCUT2D eigenvalue weighted by Gasteiger charge is 2.37. The summed E-state index contributed by atoms with van der Waals surface area (Å²) < 4.78 is 10.5. The van der Waals surface area contributed by atoms with Gasteiger partial charge in [0.15, 0.2) is 0 Å². The third-order valence-corrected chi connectivity index (χ3v) is 3.87. The van der Waals surface area contributed by atoms with Crippen LogP contribution in [0.15, 0.2) is 10.2 Å². The molecule has 0 aromatic carbocycles. The summed E-state index contributed by atoms with van der Waals surface area (Å²) in [7, 11) is 0. The lowest BCUT2D eigenvalue weighted by molar-refractivity contribution is -0.146. The second-order valence-corrected chi connectivity index (χ2v) is 5.64. The number of amides is 2. The Bertz CT molecular complexity index is 641. The molecule has 1 rings (SSSR count). The molecule has 27 heavy (non-hydrogen) atoms. The third-order valence-electron chi connectivity index (χ3n) is 3.87. The predicted molar refractivity (Wildman–Crippen MR) is 83.6 cm³/mol. The molecule has 1 aliphatic heterocycles. The van der Waals surface area contributed by atoms with Crippen molar-refractivity contribution in [3.05, 3.63) is 20.9 Å². The van der Waals surface area contributed by atoms with Crippen LogP contribution in [0.4, 0.5) is 0 Å². The smallest absolute Gasteiger partial charge is 0.307 e. The largest absolute Gasteiger partial charge is 0.481 e. The monoisotopic (exact) mass is 384 g/mol. The SMILES string of the molecule is [N-]=[N+]=NC(=O)CC(C[C@H]1OCO[C@@H]1CC(CC(=O)N=[N+]=[N-])C(=O)O)C(=O)O. The molecule has 1 fully saturated rings. The molecule has 0 radical (unpaired) electrons. The normalized spacial score (nSPS) is 20.6. The van der Waals surface area contributed by atoms with Crippen LogP contribution in [-0.4, -0.2) is 53.0 Å². The van der Waals surface area contributed by atoms with Gasteiger partial charge in [0.2, 0.25) is 11.8 Å². The number of hydrogen-bond donors (Lipinski definition) is 2. The fraction of sp³-hybridized carbons (Fsp3) is 0.692. The lowest BCUT2D eigenvalue weighted by Crippen LogP contribution is -2.33. The molecule has 14 heteroatoms. The van der Waals surface area contributed by atoms with Gasteiger partial charge in [-0.2, -0.15) is 0 Å². The molecular formula is C13H16N6O8. The first-order valence-electron chi connectivity index (χ1n) is 7.63. The Balaban J connectivity index is 2.79. The van der Waals surface area contributed by atoms with E-state index in [1.165, 1.54) is 0 Å². The van der Waals surface area contributed by atoms with Crippen molar-refractivity contribution in [1.82, 2.24) is 0 Å². The van der Waals surface area contributed by atoms with Crippen LogP contribution >= 0.6 is 0 Å². The Morgan fingerprint density at radius 2 is 1.26 bits per heavy atom. The molecule has 14 nitrogen and oxygen atoms in total. The summed E-state index contributed by atoms with van der Waals surface area (Å²) in [6.07, 6.45) is -3.18. The van der Waals surface area contributed by atoms with E-state index in [9.17, 15) is 29.4 Å². The minimum absolute atomic E-state index is 0.191. The van der Waals surface area contributed by atoms with Crippen molar-refractivity contribution in [2.24, 2.45) is 22.1 Å². The number of nitrogens with zero attached hydrogens (tertiary/aromatic N) is 6. The standard InChI is InChI=1S/C13H16N6O8/c14-18-16-10(20)3-6(12(22)23)1-8-9(27-5-26-8)2-7(13(24)25)4-11(21)17-19-15/h6-9H,1-5H2,(H,22,23)(H,24,25)/t6?,7?,8-,9-/m1/s1. The van der Waals surface area contributed by atoms with E-state index in [1.54, 1.807) is 0 Å². The van der Waals surface area contributed by atoms with E-state index in [0.717, 1.165) is 0 Å². The number of rotatable bonds is 10. The highest BCUT2D eigenvalue weighted by molar-refractivity contribution is 5.83. The van der Waals surface area contributed by atoms with Gasteiger partial charge in [-0.15, -0.1) is 0 Å². The summed E-state index contributed by atoms with van der Waals surface area (Å²) in [6, 6.07) is 0. The van der Waals surface area contributed by atoms with Crippen molar-refractivity contribution < 1.29 is 38.9 Å². The van der Waals surface area contributed by atoms with Crippen molar-refractivity contribution in [1.29, 1.82) is 0 Å². The highest BCUT2D eigenvalue weighted by atomic mass is 16.7. The van der Waals surface area contributed by atoms with Gasteiger partial charge in [0, 0.05) is 22.7 Å². The zero-order valence-corrected chi connectivity index (χ0v) is 13.9. The van der Waals surface area contributed by atoms with E-state index in [1.807, 2.05) is 0 Å². The molecule has 0 saturated carbocycles. The fourth-order valence-corrected chi connectivity index (χ4v) is 2.58. The van der Waals surface area contributed by atoms with Crippen molar-refractivity contribution in [2.75, 3.05) is 6.79 Å². The highest BCUT2D eigenvalue weighted by Crippen LogP contribution is 2.28. The number of carboxylic acids is 2. The zero-order valence-electron chi connectivity index (χ0n) is 13.9. The van der Waals surface area contributed by atoms with E-state index in [-0.39, 0.29) is 19.6 Å². The van der Waals surface area contributed by atoms with Crippen molar-refractivity contribution in [3.8, 4) is 0 Å². The number of hydrogen-bond acceptors (Lipinski definition) is 6. The molecule has 0 aliphatic carbocycles. The first-order valence-corrected chi connectivity index (χ1v) is 7.63. The number of azide groups is 2. The second-order valence-electron chi connectivity index (χ2n) is 5.64. The maximum atomic E-state index is 11.4. The summed E-state index contributed by atoms with van der Waals surface area (Å²) >= 11 is 0. The van der Waals surface area contributed by atoms with E-state index < -0.39 is 60.6 Å².